The van der Waals surface area contributed by atoms with Crippen LogP contribution in [0.15, 0.2) is 72.2 Å². The molecule has 424 valence electrons. The highest BCUT2D eigenvalue weighted by Gasteiger charge is 2.44. The van der Waals surface area contributed by atoms with E-state index < -0.39 is 29.7 Å². The minimum Gasteiger partial charge on any atom is -0.391 e. The third-order valence-corrected chi connectivity index (χ3v) is 16.1. The molecule has 0 spiro atoms. The van der Waals surface area contributed by atoms with E-state index in [4.69, 9.17) is 23.2 Å². The zero-order valence-electron chi connectivity index (χ0n) is 46.5. The molecular formula is C60H81Cl2N7O8S. The number of hydrogen-bond acceptors (Lipinski definition) is 10. The molecule has 3 heterocycles. The van der Waals surface area contributed by atoms with Crippen LogP contribution >= 0.6 is 34.5 Å². The molecule has 0 radical (unpaired) electrons. The molecule has 3 aromatic carbocycles. The second-order valence-corrected chi connectivity index (χ2v) is 25.0. The maximum Gasteiger partial charge on any atom is 0.246 e. The number of thiazole rings is 1. The smallest absolute Gasteiger partial charge is 0.246 e. The van der Waals surface area contributed by atoms with Crippen LogP contribution in [0.2, 0.25) is 10.0 Å². The summed E-state index contributed by atoms with van der Waals surface area (Å²) in [5, 5.41) is 31.9. The molecule has 2 aliphatic rings. The Kier molecular flexibility index (Phi) is 22.7. The van der Waals surface area contributed by atoms with Crippen LogP contribution in [0.4, 0.5) is 5.69 Å². The third kappa shape index (κ3) is 17.8. The van der Waals surface area contributed by atoms with Crippen molar-refractivity contribution in [3.63, 3.8) is 0 Å². The van der Waals surface area contributed by atoms with Gasteiger partial charge in [-0.05, 0) is 78.8 Å². The number of carbonyl (C=O) groups excluding carboxylic acids is 6. The number of rotatable bonds is 24. The molecule has 6 amide bonds. The number of piperidine rings is 1. The lowest BCUT2D eigenvalue weighted by Gasteiger charge is -2.35. The number of aromatic nitrogens is 1. The number of likely N-dealkylation sites (tertiary alicyclic amines) is 2. The molecule has 2 saturated heterocycles. The summed E-state index contributed by atoms with van der Waals surface area (Å²) in [7, 11) is 0. The van der Waals surface area contributed by atoms with Crippen molar-refractivity contribution in [3.05, 3.63) is 105 Å². The zero-order valence-corrected chi connectivity index (χ0v) is 48.9. The van der Waals surface area contributed by atoms with Gasteiger partial charge in [-0.3, -0.25) is 28.8 Å². The number of aliphatic hydroxyl groups excluding tert-OH is 2. The van der Waals surface area contributed by atoms with E-state index in [0.717, 1.165) is 60.2 Å². The molecule has 15 nitrogen and oxygen atoms in total. The molecule has 5 N–H and O–H groups in total. The van der Waals surface area contributed by atoms with Gasteiger partial charge in [0.15, 0.2) is 0 Å². The summed E-state index contributed by atoms with van der Waals surface area (Å²) in [5.41, 5.74) is 5.22. The number of aryl methyl sites for hydroxylation is 1. The van der Waals surface area contributed by atoms with Crippen molar-refractivity contribution in [2.24, 2.45) is 16.7 Å². The fourth-order valence-electron chi connectivity index (χ4n) is 10.2. The second kappa shape index (κ2) is 28.7. The van der Waals surface area contributed by atoms with E-state index in [-0.39, 0.29) is 85.5 Å². The number of nitrogens with zero attached hydrogens (tertiary/aromatic N) is 4. The van der Waals surface area contributed by atoms with Crippen LogP contribution in [0.3, 0.4) is 0 Å². The van der Waals surface area contributed by atoms with E-state index in [2.05, 4.69) is 20.9 Å². The summed E-state index contributed by atoms with van der Waals surface area (Å²) in [6, 6.07) is 18.2. The van der Waals surface area contributed by atoms with Crippen molar-refractivity contribution in [1.29, 1.82) is 0 Å². The first kappa shape index (κ1) is 61.8. The van der Waals surface area contributed by atoms with Crippen molar-refractivity contribution >= 4 is 75.7 Å². The summed E-state index contributed by atoms with van der Waals surface area (Å²) in [6.07, 6.45) is 5.79. The van der Waals surface area contributed by atoms with Gasteiger partial charge < -0.3 is 40.9 Å². The van der Waals surface area contributed by atoms with Gasteiger partial charge in [0.05, 0.1) is 22.2 Å². The third-order valence-electron chi connectivity index (χ3n) is 14.6. The van der Waals surface area contributed by atoms with E-state index in [1.165, 1.54) is 4.90 Å². The number of halogens is 2. The Labute approximate surface area is 475 Å². The van der Waals surface area contributed by atoms with Gasteiger partial charge in [0.2, 0.25) is 35.4 Å². The quantitative estimate of drug-likeness (QED) is 0.0424. The van der Waals surface area contributed by atoms with Crippen LogP contribution in [-0.4, -0.2) is 111 Å². The molecule has 78 heavy (non-hydrogen) atoms. The highest BCUT2D eigenvalue weighted by atomic mass is 35.5. The maximum atomic E-state index is 14.0. The van der Waals surface area contributed by atoms with Gasteiger partial charge in [-0.15, -0.1) is 11.3 Å². The van der Waals surface area contributed by atoms with Gasteiger partial charge >= 0.3 is 0 Å². The summed E-state index contributed by atoms with van der Waals surface area (Å²) in [5.74, 6) is -1.52. The number of aliphatic hydroxyl groups is 2. The standard InChI is InChI=1S/C60H81Cl2N7O8S/c1-39-54(78-38-65-39)41-22-20-40(21-23-41)35-64-57(76)49-34-44(70)36-68(49)58(77)55(60(5,6)7)66-50(71)19-13-11-9-8-10-12-16-30-63-56(75)42-28-31-67(32-29-42)51(72)26-27-52(73)69(37-59(2,3)4)48-25-24-43(61)33-46(48)53(74)45-17-14-15-18-47(45)62/h14-15,17-18,20-25,33,38,42,44,49,53,55,70,74H,8-13,16,19,26-32,34-37H2,1-7H3,(H,63,75)(H,64,76)(H,66,71). The van der Waals surface area contributed by atoms with Crippen molar-refractivity contribution in [2.45, 2.75) is 163 Å². The van der Waals surface area contributed by atoms with E-state index in [1.54, 1.807) is 63.6 Å². The molecule has 4 unspecified atom stereocenters. The Balaban J connectivity index is 0.841. The predicted molar refractivity (Wildman–Crippen MR) is 309 cm³/mol. The number of unbranched alkanes of at least 4 members (excludes halogenated alkanes) is 6. The number of amides is 6. The lowest BCUT2D eigenvalue weighted by Crippen LogP contribution is -2.57. The van der Waals surface area contributed by atoms with Gasteiger partial charge in [0.25, 0.3) is 0 Å². The Bertz CT molecular complexity index is 2680. The van der Waals surface area contributed by atoms with Crippen LogP contribution in [0.25, 0.3) is 10.4 Å². The van der Waals surface area contributed by atoms with E-state index in [1.807, 2.05) is 78.2 Å². The van der Waals surface area contributed by atoms with Crippen LogP contribution in [0.1, 0.15) is 154 Å². The fraction of sp³-hybridized carbons (Fsp3) is 0.550. The predicted octanol–water partition coefficient (Wildman–Crippen LogP) is 9.95. The van der Waals surface area contributed by atoms with E-state index in [9.17, 15) is 39.0 Å². The lowest BCUT2D eigenvalue weighted by molar-refractivity contribution is -0.144. The average molecular weight is 1130 g/mol. The Morgan fingerprint density at radius 2 is 1.47 bits per heavy atom. The van der Waals surface area contributed by atoms with E-state index in [0.29, 0.717) is 72.3 Å². The number of nitrogens with one attached hydrogen (secondary N) is 3. The largest absolute Gasteiger partial charge is 0.391 e. The molecule has 0 bridgehead atoms. The fourth-order valence-corrected chi connectivity index (χ4v) is 11.4. The van der Waals surface area contributed by atoms with E-state index >= 15 is 0 Å². The molecule has 4 atom stereocenters. The normalized spacial score (nSPS) is 16.9. The lowest BCUT2D eigenvalue weighted by atomic mass is 9.85. The number of anilines is 1. The molecular weight excluding hydrogens is 1050 g/mol. The van der Waals surface area contributed by atoms with Gasteiger partial charge in [0.1, 0.15) is 18.2 Å². The number of hydrogen-bond donors (Lipinski definition) is 5. The molecule has 0 saturated carbocycles. The van der Waals surface area contributed by atoms with Crippen LogP contribution in [0.5, 0.6) is 0 Å². The van der Waals surface area contributed by atoms with Gasteiger partial charge in [-0.25, -0.2) is 4.98 Å². The first-order chi connectivity index (χ1) is 37.0. The van der Waals surface area contributed by atoms with Crippen molar-refractivity contribution in [1.82, 2.24) is 30.7 Å². The first-order valence-electron chi connectivity index (χ1n) is 27.6. The second-order valence-electron chi connectivity index (χ2n) is 23.3. The highest BCUT2D eigenvalue weighted by molar-refractivity contribution is 7.13. The van der Waals surface area contributed by atoms with Crippen LogP contribution in [-0.2, 0) is 35.3 Å². The summed E-state index contributed by atoms with van der Waals surface area (Å²) in [4.78, 5) is 91.5. The topological polar surface area (TPSA) is 202 Å². The summed E-state index contributed by atoms with van der Waals surface area (Å²) < 4.78 is 0. The Hall–Kier alpha value is -5.39. The first-order valence-corrected chi connectivity index (χ1v) is 29.3. The Morgan fingerprint density at radius 1 is 0.808 bits per heavy atom. The Morgan fingerprint density at radius 3 is 2.12 bits per heavy atom. The van der Waals surface area contributed by atoms with Gasteiger partial charge in [0, 0.05) is 97.7 Å². The monoisotopic (exact) mass is 1130 g/mol. The molecule has 2 aliphatic heterocycles. The van der Waals surface area contributed by atoms with Crippen molar-refractivity contribution in [2.75, 3.05) is 37.6 Å². The number of carbonyl (C=O) groups is 6. The zero-order chi connectivity index (χ0) is 56.7. The molecule has 1 aromatic heterocycles. The molecule has 6 rings (SSSR count). The molecule has 2 fully saturated rings. The maximum absolute atomic E-state index is 14.0. The van der Waals surface area contributed by atoms with Gasteiger partial charge in [-0.1, -0.05) is 139 Å². The summed E-state index contributed by atoms with van der Waals surface area (Å²) in [6.45, 7) is 15.7. The molecule has 4 aromatic rings. The van der Waals surface area contributed by atoms with Crippen molar-refractivity contribution in [3.8, 4) is 10.4 Å². The molecule has 0 aliphatic carbocycles. The highest BCUT2D eigenvalue weighted by Crippen LogP contribution is 2.38. The minimum absolute atomic E-state index is 0.00101. The summed E-state index contributed by atoms with van der Waals surface area (Å²) >= 11 is 14.4. The number of benzene rings is 3. The average Bonchev–Trinajstić information content (AvgIpc) is 4.06. The minimum atomic E-state index is -1.14. The SMILES string of the molecule is Cc1ncsc1-c1ccc(CNC(=O)C2CC(O)CN2C(=O)C(NC(=O)CCCCCCCCCNC(=O)C2CCN(C(=O)CCC(=O)N(CC(C)(C)C)c3ccc(Cl)cc3C(O)c3ccccc3Cl)CC2)C(C)(C)C)cc1. The van der Waals surface area contributed by atoms with Crippen molar-refractivity contribution < 1.29 is 39.0 Å². The van der Waals surface area contributed by atoms with Crippen LogP contribution in [0, 0.1) is 23.7 Å². The van der Waals surface area contributed by atoms with Gasteiger partial charge in [-0.2, -0.15) is 0 Å². The van der Waals surface area contributed by atoms with Crippen LogP contribution < -0.4 is 20.9 Å². The number of β-amino-alcohol motifs (C(OH)–C–C–N with tert-alkyl or cyclic N) is 1. The molecule has 18 heteroatoms.